The average molecular weight is 346 g/mol. The summed E-state index contributed by atoms with van der Waals surface area (Å²) in [5.74, 6) is -0.348. The topological polar surface area (TPSA) is 49.4 Å². The van der Waals surface area contributed by atoms with Crippen molar-refractivity contribution >= 4 is 45.0 Å². The van der Waals surface area contributed by atoms with Gasteiger partial charge in [-0.05, 0) is 48.8 Å². The summed E-state index contributed by atoms with van der Waals surface area (Å²) in [4.78, 5) is 26.0. The van der Waals surface area contributed by atoms with Crippen LogP contribution in [-0.2, 0) is 9.59 Å². The van der Waals surface area contributed by atoms with Gasteiger partial charge in [-0.25, -0.2) is 0 Å². The minimum Gasteiger partial charge on any atom is -0.340 e. The van der Waals surface area contributed by atoms with Gasteiger partial charge in [0.2, 0.25) is 5.91 Å². The van der Waals surface area contributed by atoms with E-state index in [4.69, 9.17) is 11.6 Å². The Morgan fingerprint density at radius 3 is 2.63 bits per heavy atom. The lowest BCUT2D eigenvalue weighted by molar-refractivity contribution is -0.136. The van der Waals surface area contributed by atoms with E-state index in [1.807, 2.05) is 0 Å². The fourth-order valence-electron chi connectivity index (χ4n) is 2.06. The Bertz CT molecular complexity index is 560. The van der Waals surface area contributed by atoms with Crippen molar-refractivity contribution in [2.45, 2.75) is 32.4 Å². The lowest BCUT2D eigenvalue weighted by Crippen LogP contribution is -2.67. The number of rotatable bonds is 1. The summed E-state index contributed by atoms with van der Waals surface area (Å²) < 4.78 is 0.613. The molecule has 19 heavy (non-hydrogen) atoms. The molecule has 0 bridgehead atoms. The molecule has 1 aromatic carbocycles. The molecule has 1 aliphatic rings. The van der Waals surface area contributed by atoms with E-state index in [2.05, 4.69) is 21.2 Å². The van der Waals surface area contributed by atoms with Gasteiger partial charge in [-0.1, -0.05) is 17.7 Å². The minimum atomic E-state index is -0.925. The Hall–Kier alpha value is -1.07. The summed E-state index contributed by atoms with van der Waals surface area (Å²) in [6, 6.07) is 4.66. The third-order valence-electron chi connectivity index (χ3n) is 3.15. The molecule has 1 unspecified atom stereocenters. The molecule has 4 nitrogen and oxygen atoms in total. The van der Waals surface area contributed by atoms with Crippen LogP contribution in [0.15, 0.2) is 22.7 Å². The van der Waals surface area contributed by atoms with Gasteiger partial charge in [0.05, 0.1) is 15.2 Å². The third kappa shape index (κ3) is 2.37. The number of amides is 2. The molecule has 0 radical (unpaired) electrons. The van der Waals surface area contributed by atoms with Crippen LogP contribution in [0, 0.1) is 0 Å². The van der Waals surface area contributed by atoms with Gasteiger partial charge < -0.3 is 5.32 Å². The van der Waals surface area contributed by atoms with Crippen LogP contribution >= 0.6 is 27.5 Å². The van der Waals surface area contributed by atoms with Gasteiger partial charge in [0.25, 0.3) is 5.91 Å². The van der Waals surface area contributed by atoms with Crippen LogP contribution in [0.1, 0.15) is 20.8 Å². The van der Waals surface area contributed by atoms with Crippen LogP contribution in [0.4, 0.5) is 5.69 Å². The summed E-state index contributed by atoms with van der Waals surface area (Å²) in [6.45, 7) is 5.06. The summed E-state index contributed by atoms with van der Waals surface area (Å²) in [7, 11) is 0. The van der Waals surface area contributed by atoms with E-state index in [1.165, 1.54) is 4.90 Å². The number of nitrogens with one attached hydrogen (secondary N) is 1. The van der Waals surface area contributed by atoms with Gasteiger partial charge >= 0.3 is 0 Å². The Morgan fingerprint density at radius 2 is 2.00 bits per heavy atom. The zero-order valence-electron chi connectivity index (χ0n) is 10.8. The number of anilines is 1. The Morgan fingerprint density at radius 1 is 1.37 bits per heavy atom. The summed E-state index contributed by atoms with van der Waals surface area (Å²) in [6.07, 6.45) is 0. The zero-order chi connectivity index (χ0) is 14.4. The van der Waals surface area contributed by atoms with Crippen molar-refractivity contribution in [2.24, 2.45) is 0 Å². The van der Waals surface area contributed by atoms with E-state index in [-0.39, 0.29) is 11.8 Å². The molecule has 2 rings (SSSR count). The van der Waals surface area contributed by atoms with E-state index < -0.39 is 11.6 Å². The highest BCUT2D eigenvalue weighted by atomic mass is 79.9. The normalized spacial score (nSPS) is 22.4. The smallest absolute Gasteiger partial charge is 0.252 e. The standard InChI is InChI=1S/C13H14BrClN2O2/c1-7-11(18)16-13(2,3)12(19)17(7)9-6-4-5-8(15)10(9)14/h4-7H,1-3H3,(H,16,18). The molecule has 0 aliphatic carbocycles. The van der Waals surface area contributed by atoms with Gasteiger partial charge in [0.15, 0.2) is 0 Å². The molecular formula is C13H14BrClN2O2. The molecular weight excluding hydrogens is 332 g/mol. The third-order valence-corrected chi connectivity index (χ3v) is 4.52. The first-order chi connectivity index (χ1) is 8.75. The van der Waals surface area contributed by atoms with Crippen molar-refractivity contribution in [3.63, 3.8) is 0 Å². The van der Waals surface area contributed by atoms with E-state index in [9.17, 15) is 9.59 Å². The molecule has 1 atom stereocenters. The number of hydrogen-bond donors (Lipinski definition) is 1. The van der Waals surface area contributed by atoms with Crippen molar-refractivity contribution in [2.75, 3.05) is 4.90 Å². The summed E-state index contributed by atoms with van der Waals surface area (Å²) >= 11 is 9.42. The van der Waals surface area contributed by atoms with Crippen LogP contribution in [0.25, 0.3) is 0 Å². The lowest BCUT2D eigenvalue weighted by Gasteiger charge is -2.41. The molecule has 1 aromatic rings. The van der Waals surface area contributed by atoms with Crippen LogP contribution in [-0.4, -0.2) is 23.4 Å². The van der Waals surface area contributed by atoms with Crippen molar-refractivity contribution < 1.29 is 9.59 Å². The van der Waals surface area contributed by atoms with E-state index in [1.54, 1.807) is 39.0 Å². The minimum absolute atomic E-state index is 0.164. The Kier molecular flexibility index (Phi) is 3.62. The molecule has 102 valence electrons. The van der Waals surface area contributed by atoms with E-state index in [0.717, 1.165) is 0 Å². The molecule has 0 saturated carbocycles. The predicted octanol–water partition coefficient (Wildman–Crippen LogP) is 2.73. The second kappa shape index (κ2) is 4.80. The van der Waals surface area contributed by atoms with Gasteiger partial charge in [0, 0.05) is 0 Å². The average Bonchev–Trinajstić information content (AvgIpc) is 2.32. The van der Waals surface area contributed by atoms with Gasteiger partial charge in [-0.3, -0.25) is 14.5 Å². The molecule has 1 fully saturated rings. The molecule has 2 amide bonds. The highest BCUT2D eigenvalue weighted by molar-refractivity contribution is 9.10. The number of halogens is 2. The first-order valence-corrected chi connectivity index (χ1v) is 7.02. The zero-order valence-corrected chi connectivity index (χ0v) is 13.2. The maximum atomic E-state index is 12.5. The maximum Gasteiger partial charge on any atom is 0.252 e. The van der Waals surface area contributed by atoms with E-state index >= 15 is 0 Å². The maximum absolute atomic E-state index is 12.5. The number of carbonyl (C=O) groups is 2. The molecule has 1 saturated heterocycles. The SMILES string of the molecule is CC1C(=O)NC(C)(C)C(=O)N1c1cccc(Cl)c1Br. The first kappa shape index (κ1) is 14.3. The van der Waals surface area contributed by atoms with Gasteiger partial charge in [-0.15, -0.1) is 0 Å². The van der Waals surface area contributed by atoms with Crippen molar-refractivity contribution in [1.29, 1.82) is 0 Å². The van der Waals surface area contributed by atoms with Crippen LogP contribution in [0.3, 0.4) is 0 Å². The Balaban J connectivity index is 2.55. The molecule has 1 aliphatic heterocycles. The van der Waals surface area contributed by atoms with E-state index in [0.29, 0.717) is 15.2 Å². The fourth-order valence-corrected chi connectivity index (χ4v) is 2.68. The van der Waals surface area contributed by atoms with Crippen LogP contribution < -0.4 is 10.2 Å². The molecule has 6 heteroatoms. The highest BCUT2D eigenvalue weighted by Crippen LogP contribution is 2.36. The number of benzene rings is 1. The first-order valence-electron chi connectivity index (χ1n) is 5.85. The van der Waals surface area contributed by atoms with Gasteiger partial charge in [-0.2, -0.15) is 0 Å². The number of piperazine rings is 1. The number of nitrogens with zero attached hydrogens (tertiary/aromatic N) is 1. The lowest BCUT2D eigenvalue weighted by atomic mass is 9.96. The fraction of sp³-hybridized carbons (Fsp3) is 0.385. The quantitative estimate of drug-likeness (QED) is 0.851. The largest absolute Gasteiger partial charge is 0.340 e. The number of hydrogen-bond acceptors (Lipinski definition) is 2. The predicted molar refractivity (Wildman–Crippen MR) is 78.3 cm³/mol. The van der Waals surface area contributed by atoms with Crippen LogP contribution in [0.2, 0.25) is 5.02 Å². The second-order valence-electron chi connectivity index (χ2n) is 5.04. The van der Waals surface area contributed by atoms with Crippen molar-refractivity contribution in [3.8, 4) is 0 Å². The Labute approximate surface area is 125 Å². The van der Waals surface area contributed by atoms with Crippen molar-refractivity contribution in [3.05, 3.63) is 27.7 Å². The monoisotopic (exact) mass is 344 g/mol. The second-order valence-corrected chi connectivity index (χ2v) is 6.24. The summed E-state index contributed by atoms with van der Waals surface area (Å²) in [5, 5.41) is 3.21. The van der Waals surface area contributed by atoms with Crippen molar-refractivity contribution in [1.82, 2.24) is 5.32 Å². The molecule has 0 aromatic heterocycles. The highest BCUT2D eigenvalue weighted by Gasteiger charge is 2.44. The molecule has 1 heterocycles. The van der Waals surface area contributed by atoms with Crippen LogP contribution in [0.5, 0.6) is 0 Å². The molecule has 0 spiro atoms. The number of carbonyl (C=O) groups excluding carboxylic acids is 2. The molecule has 1 N–H and O–H groups in total. The summed E-state index contributed by atoms with van der Waals surface area (Å²) in [5.41, 5.74) is -0.321. The van der Waals surface area contributed by atoms with Gasteiger partial charge in [0.1, 0.15) is 11.6 Å².